The number of rotatable bonds is 2. The molecule has 2 amide bonds. The number of hydrazone groups is 1. The molecule has 1 heterocycles. The molecule has 1 aromatic rings. The number of allylic oxidation sites excluding steroid dienone is 2. The molecule has 3 fully saturated rings. The molecule has 5 heteroatoms. The summed E-state index contributed by atoms with van der Waals surface area (Å²) in [7, 11) is 0. The molecule has 2 saturated carbocycles. The molecule has 0 N–H and O–H groups in total. The molecule has 23 heavy (non-hydrogen) atoms. The fraction of sp³-hybridized carbons (Fsp3) is 0.389. The van der Waals surface area contributed by atoms with Crippen LogP contribution in [0.25, 0.3) is 0 Å². The monoisotopic (exact) mass is 418 g/mol. The average molecular weight is 418 g/mol. The van der Waals surface area contributed by atoms with Crippen LogP contribution in [0.2, 0.25) is 0 Å². The first-order chi connectivity index (χ1) is 11.1. The van der Waals surface area contributed by atoms with E-state index in [1.807, 2.05) is 24.3 Å². The van der Waals surface area contributed by atoms with E-state index >= 15 is 0 Å². The van der Waals surface area contributed by atoms with Crippen molar-refractivity contribution in [3.8, 4) is 0 Å². The van der Waals surface area contributed by atoms with Crippen molar-refractivity contribution in [2.75, 3.05) is 0 Å². The molecule has 6 atom stereocenters. The van der Waals surface area contributed by atoms with Gasteiger partial charge < -0.3 is 0 Å². The molecule has 0 radical (unpaired) electrons. The van der Waals surface area contributed by atoms with Crippen molar-refractivity contribution in [3.05, 3.63) is 45.6 Å². The maximum absolute atomic E-state index is 12.7. The first kappa shape index (κ1) is 13.9. The van der Waals surface area contributed by atoms with Gasteiger partial charge in [0.1, 0.15) is 0 Å². The number of imide groups is 1. The number of halogens is 1. The van der Waals surface area contributed by atoms with Crippen LogP contribution < -0.4 is 0 Å². The molecule has 5 aliphatic rings. The predicted molar refractivity (Wildman–Crippen MR) is 93.3 cm³/mol. The number of benzene rings is 1. The third kappa shape index (κ3) is 1.92. The van der Waals surface area contributed by atoms with Gasteiger partial charge in [0, 0.05) is 3.57 Å². The summed E-state index contributed by atoms with van der Waals surface area (Å²) in [4.78, 5) is 25.5. The first-order valence-electron chi connectivity index (χ1n) is 8.01. The van der Waals surface area contributed by atoms with Gasteiger partial charge in [-0.15, -0.1) is 0 Å². The Morgan fingerprint density at radius 2 is 1.74 bits per heavy atom. The van der Waals surface area contributed by atoms with Crippen molar-refractivity contribution in [1.82, 2.24) is 5.01 Å². The van der Waals surface area contributed by atoms with Crippen LogP contribution in [0.15, 0.2) is 41.5 Å². The van der Waals surface area contributed by atoms with Gasteiger partial charge in [-0.3, -0.25) is 9.59 Å². The van der Waals surface area contributed by atoms with Gasteiger partial charge in [0.2, 0.25) is 0 Å². The second-order valence-electron chi connectivity index (χ2n) is 6.94. The Labute approximate surface area is 147 Å². The first-order valence-corrected chi connectivity index (χ1v) is 9.09. The molecule has 2 bridgehead atoms. The second-order valence-corrected chi connectivity index (χ2v) is 8.19. The van der Waals surface area contributed by atoms with Crippen molar-refractivity contribution in [2.45, 2.75) is 6.42 Å². The molecule has 0 unspecified atom stereocenters. The van der Waals surface area contributed by atoms with E-state index in [0.29, 0.717) is 11.8 Å². The number of carbonyl (C=O) groups excluding carboxylic acids is 2. The van der Waals surface area contributed by atoms with Crippen LogP contribution in [0.4, 0.5) is 0 Å². The molecule has 116 valence electrons. The van der Waals surface area contributed by atoms with Crippen molar-refractivity contribution in [2.24, 2.45) is 40.6 Å². The Hall–Kier alpha value is -1.50. The number of hydrogen-bond acceptors (Lipinski definition) is 3. The summed E-state index contributed by atoms with van der Waals surface area (Å²) in [5, 5.41) is 5.37. The summed E-state index contributed by atoms with van der Waals surface area (Å²) in [5.74, 6) is 1.21. The molecule has 1 aromatic carbocycles. The molecule has 0 aromatic heterocycles. The van der Waals surface area contributed by atoms with Crippen LogP contribution in [0, 0.1) is 39.1 Å². The topological polar surface area (TPSA) is 49.7 Å². The number of amides is 2. The lowest BCUT2D eigenvalue weighted by Gasteiger charge is -2.37. The summed E-state index contributed by atoms with van der Waals surface area (Å²) in [6, 6.07) is 7.83. The molecule has 1 saturated heterocycles. The van der Waals surface area contributed by atoms with E-state index < -0.39 is 0 Å². The fourth-order valence-electron chi connectivity index (χ4n) is 4.77. The second kappa shape index (κ2) is 4.75. The van der Waals surface area contributed by atoms with Crippen LogP contribution in [-0.4, -0.2) is 23.0 Å². The lowest BCUT2D eigenvalue weighted by atomic mass is 9.63. The standard InChI is InChI=1S/C18H15IN2O2/c19-10-3-1-2-9(6-10)8-20-21-17(22)15-11-4-5-12(14-7-13(11)14)16(15)18(21)23/h1-6,8,11-16H,7H2/t11-,12-,13-,14-,15+,16+/m0/s1. The van der Waals surface area contributed by atoms with Gasteiger partial charge in [-0.05, 0) is 70.4 Å². The zero-order valence-electron chi connectivity index (χ0n) is 12.3. The van der Waals surface area contributed by atoms with E-state index in [2.05, 4.69) is 39.8 Å². The van der Waals surface area contributed by atoms with Crippen LogP contribution in [0.3, 0.4) is 0 Å². The largest absolute Gasteiger partial charge is 0.272 e. The summed E-state index contributed by atoms with van der Waals surface area (Å²) in [6.07, 6.45) is 7.16. The maximum Gasteiger partial charge on any atom is 0.254 e. The molecular weight excluding hydrogens is 403 g/mol. The van der Waals surface area contributed by atoms with Gasteiger partial charge in [0.25, 0.3) is 11.8 Å². The van der Waals surface area contributed by atoms with Crippen molar-refractivity contribution < 1.29 is 9.59 Å². The van der Waals surface area contributed by atoms with Gasteiger partial charge >= 0.3 is 0 Å². The zero-order chi connectivity index (χ0) is 15.7. The average Bonchev–Trinajstić information content (AvgIpc) is 3.32. The molecular formula is C18H15IN2O2. The smallest absolute Gasteiger partial charge is 0.254 e. The van der Waals surface area contributed by atoms with E-state index in [9.17, 15) is 9.59 Å². The van der Waals surface area contributed by atoms with Crippen LogP contribution in [-0.2, 0) is 9.59 Å². The molecule has 0 spiro atoms. The third-order valence-corrected chi connectivity index (χ3v) is 6.48. The van der Waals surface area contributed by atoms with Gasteiger partial charge in [-0.2, -0.15) is 10.1 Å². The minimum Gasteiger partial charge on any atom is -0.272 e. The van der Waals surface area contributed by atoms with Crippen LogP contribution in [0.1, 0.15) is 12.0 Å². The highest BCUT2D eigenvalue weighted by atomic mass is 127. The Kier molecular flexibility index (Phi) is 2.87. The normalized spacial score (nSPS) is 40.0. The number of hydrogen-bond donors (Lipinski definition) is 0. The van der Waals surface area contributed by atoms with Crippen molar-refractivity contribution >= 4 is 40.6 Å². The highest BCUT2D eigenvalue weighted by Gasteiger charge is 2.67. The zero-order valence-corrected chi connectivity index (χ0v) is 14.5. The van der Waals surface area contributed by atoms with Gasteiger partial charge in [0.15, 0.2) is 0 Å². The Morgan fingerprint density at radius 1 is 1.09 bits per heavy atom. The van der Waals surface area contributed by atoms with E-state index in [-0.39, 0.29) is 35.5 Å². The van der Waals surface area contributed by atoms with E-state index in [1.54, 1.807) is 6.21 Å². The number of carbonyl (C=O) groups is 2. The minimum atomic E-state index is -0.172. The summed E-state index contributed by atoms with van der Waals surface area (Å²) in [6.45, 7) is 0. The van der Waals surface area contributed by atoms with Crippen molar-refractivity contribution in [3.63, 3.8) is 0 Å². The minimum absolute atomic E-state index is 0.105. The van der Waals surface area contributed by atoms with E-state index in [0.717, 1.165) is 14.1 Å². The Morgan fingerprint density at radius 3 is 2.35 bits per heavy atom. The van der Waals surface area contributed by atoms with E-state index in [1.165, 1.54) is 6.42 Å². The number of nitrogens with zero attached hydrogens (tertiary/aromatic N) is 2. The summed E-state index contributed by atoms with van der Waals surface area (Å²) < 4.78 is 1.10. The molecule has 4 nitrogen and oxygen atoms in total. The molecule has 1 aliphatic heterocycles. The fourth-order valence-corrected chi connectivity index (χ4v) is 5.33. The Balaban J connectivity index is 1.45. The predicted octanol–water partition coefficient (Wildman–Crippen LogP) is 2.68. The van der Waals surface area contributed by atoms with Gasteiger partial charge in [0.05, 0.1) is 18.1 Å². The van der Waals surface area contributed by atoms with Crippen molar-refractivity contribution in [1.29, 1.82) is 0 Å². The molecule has 4 aliphatic carbocycles. The van der Waals surface area contributed by atoms with Crippen LogP contribution in [0.5, 0.6) is 0 Å². The third-order valence-electron chi connectivity index (χ3n) is 5.81. The summed E-state index contributed by atoms with van der Waals surface area (Å²) >= 11 is 2.23. The lowest BCUT2D eigenvalue weighted by molar-refractivity contribution is -0.140. The highest BCUT2D eigenvalue weighted by Crippen LogP contribution is 2.65. The molecule has 6 rings (SSSR count). The summed E-state index contributed by atoms with van der Waals surface area (Å²) in [5.41, 5.74) is 0.899. The van der Waals surface area contributed by atoms with Crippen LogP contribution >= 0.6 is 22.6 Å². The van der Waals surface area contributed by atoms with E-state index in [4.69, 9.17) is 0 Å². The van der Waals surface area contributed by atoms with Gasteiger partial charge in [-0.25, -0.2) is 0 Å². The highest BCUT2D eigenvalue weighted by molar-refractivity contribution is 14.1. The maximum atomic E-state index is 12.7. The lowest BCUT2D eigenvalue weighted by Crippen LogP contribution is -2.40. The SMILES string of the molecule is O=C1[C@@H]2[C@H]3C=C[C@@H]([C@@H]4C[C@@H]34)[C@H]2C(=O)N1N=Cc1cccc(I)c1. The quantitative estimate of drug-likeness (QED) is 0.321. The Bertz CT molecular complexity index is 751. The van der Waals surface area contributed by atoms with Gasteiger partial charge in [-0.1, -0.05) is 24.3 Å².